The van der Waals surface area contributed by atoms with Gasteiger partial charge >= 0.3 is 6.18 Å². The third-order valence-corrected chi connectivity index (χ3v) is 4.56. The zero-order valence-corrected chi connectivity index (χ0v) is 16.2. The van der Waals surface area contributed by atoms with Gasteiger partial charge in [-0.1, -0.05) is 12.1 Å². The minimum Gasteiger partial charge on any atom is -0.350 e. The Labute approximate surface area is 173 Å². The fraction of sp³-hybridized carbons (Fsp3) is 0.158. The second kappa shape index (κ2) is 9.35. The molecule has 30 heavy (non-hydrogen) atoms. The maximum absolute atomic E-state index is 12.8. The molecule has 0 bridgehead atoms. The van der Waals surface area contributed by atoms with E-state index >= 15 is 0 Å². The number of thiazole rings is 1. The van der Waals surface area contributed by atoms with Gasteiger partial charge in [0.2, 0.25) is 5.91 Å². The van der Waals surface area contributed by atoms with Crippen LogP contribution in [0.1, 0.15) is 21.6 Å². The Morgan fingerprint density at radius 1 is 1.10 bits per heavy atom. The van der Waals surface area contributed by atoms with E-state index in [4.69, 9.17) is 0 Å². The van der Waals surface area contributed by atoms with Crippen LogP contribution in [0.4, 0.5) is 24.0 Å². The summed E-state index contributed by atoms with van der Waals surface area (Å²) in [7, 11) is 0. The summed E-state index contributed by atoms with van der Waals surface area (Å²) in [5.74, 6) is -0.954. The summed E-state index contributed by atoms with van der Waals surface area (Å²) in [4.78, 5) is 32.0. The highest BCUT2D eigenvalue weighted by Gasteiger charge is 2.30. The first kappa shape index (κ1) is 21.2. The van der Waals surface area contributed by atoms with Gasteiger partial charge in [0, 0.05) is 30.0 Å². The number of rotatable bonds is 7. The average Bonchev–Trinajstić information content (AvgIpc) is 3.19. The van der Waals surface area contributed by atoms with E-state index in [9.17, 15) is 22.8 Å². The summed E-state index contributed by atoms with van der Waals surface area (Å²) >= 11 is 1.06. The number of nitrogens with one attached hydrogen (secondary N) is 3. The lowest BCUT2D eigenvalue weighted by atomic mass is 10.2. The normalized spacial score (nSPS) is 11.0. The van der Waals surface area contributed by atoms with Crippen molar-refractivity contribution in [3.8, 4) is 0 Å². The van der Waals surface area contributed by atoms with Crippen molar-refractivity contribution in [2.75, 3.05) is 11.9 Å². The van der Waals surface area contributed by atoms with Crippen molar-refractivity contribution in [3.05, 3.63) is 71.0 Å². The maximum Gasteiger partial charge on any atom is 0.416 e. The molecule has 2 aromatic heterocycles. The topological polar surface area (TPSA) is 96.0 Å². The van der Waals surface area contributed by atoms with Crippen LogP contribution in [0.15, 0.2) is 54.2 Å². The Hall–Kier alpha value is -3.47. The number of halogens is 3. The molecule has 0 radical (unpaired) electrons. The molecule has 0 saturated carbocycles. The molecule has 2 heterocycles. The molecule has 156 valence electrons. The molecule has 0 saturated heterocycles. The fourth-order valence-electron chi connectivity index (χ4n) is 2.35. The minimum absolute atomic E-state index is 0.0505. The molecular formula is C19H16F3N5O2S. The molecule has 0 aliphatic rings. The van der Waals surface area contributed by atoms with Gasteiger partial charge in [0.1, 0.15) is 5.69 Å². The molecule has 0 fully saturated rings. The number of aromatic nitrogens is 2. The Morgan fingerprint density at radius 3 is 2.67 bits per heavy atom. The first-order chi connectivity index (χ1) is 14.3. The van der Waals surface area contributed by atoms with E-state index < -0.39 is 17.6 Å². The van der Waals surface area contributed by atoms with Gasteiger partial charge in [0.15, 0.2) is 5.13 Å². The Balaban J connectivity index is 1.50. The lowest BCUT2D eigenvalue weighted by Crippen LogP contribution is -2.36. The van der Waals surface area contributed by atoms with E-state index in [1.807, 2.05) is 0 Å². The number of hydrogen-bond acceptors (Lipinski definition) is 6. The summed E-state index contributed by atoms with van der Waals surface area (Å²) in [6, 6.07) is 8.20. The van der Waals surface area contributed by atoms with Gasteiger partial charge in [-0.3, -0.25) is 14.6 Å². The van der Waals surface area contributed by atoms with Crippen molar-refractivity contribution in [2.24, 2.45) is 0 Å². The maximum atomic E-state index is 12.8. The molecule has 0 aliphatic carbocycles. The molecule has 3 rings (SSSR count). The van der Waals surface area contributed by atoms with Crippen LogP contribution >= 0.6 is 11.3 Å². The summed E-state index contributed by atoms with van der Waals surface area (Å²) in [6.07, 6.45) is -1.22. The van der Waals surface area contributed by atoms with E-state index in [0.29, 0.717) is 0 Å². The quantitative estimate of drug-likeness (QED) is 0.529. The SMILES string of the molecule is O=C(CNC(=O)c1csc(Nc2cccc(C(F)(F)F)c2)n1)NCc1cccnc1. The van der Waals surface area contributed by atoms with Crippen LogP contribution in [-0.2, 0) is 17.5 Å². The Bertz CT molecular complexity index is 1020. The molecule has 1 aromatic carbocycles. The third kappa shape index (κ3) is 6.01. The molecule has 3 N–H and O–H groups in total. The van der Waals surface area contributed by atoms with Crippen molar-refractivity contribution >= 4 is 34.0 Å². The van der Waals surface area contributed by atoms with Gasteiger partial charge in [0.25, 0.3) is 5.91 Å². The molecule has 0 unspecified atom stereocenters. The zero-order chi connectivity index (χ0) is 21.6. The predicted molar refractivity (Wildman–Crippen MR) is 105 cm³/mol. The molecule has 0 spiro atoms. The second-order valence-corrected chi connectivity index (χ2v) is 6.92. The van der Waals surface area contributed by atoms with Crippen molar-refractivity contribution in [1.29, 1.82) is 0 Å². The molecule has 2 amide bonds. The lowest BCUT2D eigenvalue weighted by molar-refractivity contribution is -0.137. The number of nitrogens with zero attached hydrogens (tertiary/aromatic N) is 2. The van der Waals surface area contributed by atoms with Crippen molar-refractivity contribution in [1.82, 2.24) is 20.6 Å². The molecule has 0 aliphatic heterocycles. The van der Waals surface area contributed by atoms with Gasteiger partial charge in [-0.2, -0.15) is 13.2 Å². The van der Waals surface area contributed by atoms with E-state index in [2.05, 4.69) is 25.9 Å². The molecular weight excluding hydrogens is 419 g/mol. The number of alkyl halides is 3. The van der Waals surface area contributed by atoms with Gasteiger partial charge < -0.3 is 16.0 Å². The standard InChI is InChI=1S/C19H16F3N5O2S/c20-19(21,22)13-4-1-5-14(7-13)26-18-27-15(11-30-18)17(29)25-10-16(28)24-9-12-3-2-6-23-8-12/h1-8,11H,9-10H2,(H,24,28)(H,25,29)(H,26,27). The smallest absolute Gasteiger partial charge is 0.350 e. The predicted octanol–water partition coefficient (Wildman–Crippen LogP) is 3.35. The number of amides is 2. The summed E-state index contributed by atoms with van der Waals surface area (Å²) < 4.78 is 38.4. The summed E-state index contributed by atoms with van der Waals surface area (Å²) in [5.41, 5.74) is 0.275. The Morgan fingerprint density at radius 2 is 1.93 bits per heavy atom. The van der Waals surface area contributed by atoms with Crippen LogP contribution in [0.3, 0.4) is 0 Å². The van der Waals surface area contributed by atoms with Crippen molar-refractivity contribution < 1.29 is 22.8 Å². The van der Waals surface area contributed by atoms with E-state index in [-0.39, 0.29) is 35.5 Å². The van der Waals surface area contributed by atoms with Crippen molar-refractivity contribution in [2.45, 2.75) is 12.7 Å². The lowest BCUT2D eigenvalue weighted by Gasteiger charge is -2.09. The van der Waals surface area contributed by atoms with E-state index in [1.165, 1.54) is 17.5 Å². The number of anilines is 2. The monoisotopic (exact) mass is 435 g/mol. The minimum atomic E-state index is -4.46. The summed E-state index contributed by atoms with van der Waals surface area (Å²) in [6.45, 7) is 0.0390. The van der Waals surface area contributed by atoms with Crippen LogP contribution in [0, 0.1) is 0 Å². The van der Waals surface area contributed by atoms with Crippen LogP contribution in [0.5, 0.6) is 0 Å². The van der Waals surface area contributed by atoms with Gasteiger partial charge in [-0.25, -0.2) is 4.98 Å². The van der Waals surface area contributed by atoms with E-state index in [0.717, 1.165) is 29.0 Å². The first-order valence-electron chi connectivity index (χ1n) is 8.65. The van der Waals surface area contributed by atoms with Crippen molar-refractivity contribution in [3.63, 3.8) is 0 Å². The highest BCUT2D eigenvalue weighted by atomic mass is 32.1. The summed E-state index contributed by atoms with van der Waals surface area (Å²) in [5, 5.41) is 9.52. The van der Waals surface area contributed by atoms with Gasteiger partial charge in [-0.05, 0) is 29.8 Å². The van der Waals surface area contributed by atoms with Crippen LogP contribution in [0.25, 0.3) is 0 Å². The van der Waals surface area contributed by atoms with Crippen LogP contribution in [0.2, 0.25) is 0 Å². The van der Waals surface area contributed by atoms with Crippen LogP contribution < -0.4 is 16.0 Å². The molecule has 0 atom stereocenters. The fourth-order valence-corrected chi connectivity index (χ4v) is 3.06. The highest BCUT2D eigenvalue weighted by molar-refractivity contribution is 7.14. The Kier molecular flexibility index (Phi) is 6.62. The highest BCUT2D eigenvalue weighted by Crippen LogP contribution is 2.31. The largest absolute Gasteiger partial charge is 0.416 e. The number of benzene rings is 1. The second-order valence-electron chi connectivity index (χ2n) is 6.06. The molecule has 3 aromatic rings. The zero-order valence-electron chi connectivity index (χ0n) is 15.4. The molecule has 7 nitrogen and oxygen atoms in total. The molecule has 11 heteroatoms. The number of carbonyl (C=O) groups excluding carboxylic acids is 2. The first-order valence-corrected chi connectivity index (χ1v) is 9.53. The van der Waals surface area contributed by atoms with Crippen LogP contribution in [-0.4, -0.2) is 28.3 Å². The number of carbonyl (C=O) groups is 2. The van der Waals surface area contributed by atoms with Gasteiger partial charge in [-0.15, -0.1) is 11.3 Å². The average molecular weight is 435 g/mol. The number of hydrogen-bond donors (Lipinski definition) is 3. The number of pyridine rings is 1. The van der Waals surface area contributed by atoms with E-state index in [1.54, 1.807) is 24.5 Å². The van der Waals surface area contributed by atoms with Gasteiger partial charge in [0.05, 0.1) is 12.1 Å². The third-order valence-electron chi connectivity index (χ3n) is 3.80.